The number of aliphatic hydroxyl groups excluding tert-OH is 1. The third-order valence-electron chi connectivity index (χ3n) is 11.4. The Kier molecular flexibility index (Phi) is 10.7. The first-order chi connectivity index (χ1) is 28.7. The van der Waals surface area contributed by atoms with Gasteiger partial charge in [0, 0.05) is 63.4 Å². The minimum absolute atomic E-state index is 0. The molecule has 2 aromatic heterocycles. The zero-order chi connectivity index (χ0) is 46.7. The maximum atomic E-state index is 11.7. The van der Waals surface area contributed by atoms with Crippen LogP contribution in [0.15, 0.2) is 64.7 Å². The zero-order valence-corrected chi connectivity index (χ0v) is 37.7. The van der Waals surface area contributed by atoms with Gasteiger partial charge in [-0.2, -0.15) is 0 Å². The predicted molar refractivity (Wildman–Crippen MR) is 230 cm³/mol. The number of aromatic nitrogens is 1. The molecular weight excluding hydrogens is 855 g/mol. The second-order valence-corrected chi connectivity index (χ2v) is 17.9. The third-order valence-corrected chi connectivity index (χ3v) is 11.4. The number of furan rings is 1. The molecule has 4 nitrogen and oxygen atoms in total. The van der Waals surface area contributed by atoms with Gasteiger partial charge in [0.15, 0.2) is 5.78 Å². The average Bonchev–Trinajstić information content (AvgIpc) is 3.58. The van der Waals surface area contributed by atoms with Gasteiger partial charge in [0.1, 0.15) is 11.2 Å². The van der Waals surface area contributed by atoms with Crippen LogP contribution in [0.5, 0.6) is 0 Å². The predicted octanol–water partition coefficient (Wildman–Crippen LogP) is 14.3. The summed E-state index contributed by atoms with van der Waals surface area (Å²) < 4.78 is 78.1. The Balaban J connectivity index is 0.000000467. The van der Waals surface area contributed by atoms with E-state index in [1.54, 1.807) is 0 Å². The molecule has 0 bridgehead atoms. The van der Waals surface area contributed by atoms with E-state index in [0.29, 0.717) is 29.0 Å². The van der Waals surface area contributed by atoms with Gasteiger partial charge < -0.3 is 9.52 Å². The van der Waals surface area contributed by atoms with Crippen LogP contribution in [0.1, 0.15) is 162 Å². The van der Waals surface area contributed by atoms with Gasteiger partial charge in [0.2, 0.25) is 0 Å². The summed E-state index contributed by atoms with van der Waals surface area (Å²) in [4.78, 5) is 16.3. The van der Waals surface area contributed by atoms with Gasteiger partial charge in [-0.05, 0) is 89.8 Å². The molecule has 0 unspecified atom stereocenters. The Bertz CT molecular complexity index is 2600. The molecule has 5 heteroatoms. The van der Waals surface area contributed by atoms with Crippen molar-refractivity contribution in [2.75, 3.05) is 0 Å². The number of allylic oxidation sites excluding steroid dienone is 2. The summed E-state index contributed by atoms with van der Waals surface area (Å²) >= 11 is 0. The SMILES string of the molecule is CCC(CC)C(=O)/C=C(\O)C(CC)CC.[2H]c1nc(-c2[c-]c3c([2H])c([2H])c([2H])c([2H])c3c(C(C)(C)C)c2[2H])c2oc3c(CC(C)C)c([2H])c4c(c3c2c1[2H])C(C)(C)CCC4(C)C.[Ir]. The van der Waals surface area contributed by atoms with Crippen molar-refractivity contribution >= 4 is 38.5 Å². The normalized spacial score (nSPS) is 17.4. The summed E-state index contributed by atoms with van der Waals surface area (Å²) in [6.45, 7) is 26.6. The maximum absolute atomic E-state index is 11.7. The molecule has 0 atom stereocenters. The molecule has 1 aliphatic rings. The van der Waals surface area contributed by atoms with E-state index in [0.717, 1.165) is 60.6 Å². The number of aliphatic hydroxyl groups is 1. The number of pyridine rings is 1. The Morgan fingerprint density at radius 3 is 2.15 bits per heavy atom. The topological polar surface area (TPSA) is 63.3 Å². The van der Waals surface area contributed by atoms with Crippen LogP contribution in [0.4, 0.5) is 0 Å². The van der Waals surface area contributed by atoms with Crippen molar-refractivity contribution in [3.05, 3.63) is 88.6 Å². The Morgan fingerprint density at radius 1 is 0.927 bits per heavy atom. The number of fused-ring (bicyclic) bond motifs is 6. The Hall–Kier alpha value is -3.27. The molecule has 0 spiro atoms. The second-order valence-electron chi connectivity index (χ2n) is 17.9. The molecule has 0 fully saturated rings. The molecule has 0 amide bonds. The number of nitrogens with zero attached hydrogens (tertiary/aromatic N) is 1. The molecule has 5 aromatic rings. The molecule has 299 valence electrons. The molecular formula is C50H66IrNO3-. The monoisotopic (exact) mass is 930 g/mol. The van der Waals surface area contributed by atoms with E-state index in [1.807, 2.05) is 48.5 Å². The van der Waals surface area contributed by atoms with Crippen molar-refractivity contribution in [3.63, 3.8) is 0 Å². The van der Waals surface area contributed by atoms with E-state index >= 15 is 0 Å². The number of carbonyl (C=O) groups is 1. The third kappa shape index (κ3) is 9.15. The van der Waals surface area contributed by atoms with Crippen molar-refractivity contribution in [1.29, 1.82) is 0 Å². The number of ketones is 1. The first kappa shape index (κ1) is 33.8. The molecule has 1 N–H and O–H groups in total. The van der Waals surface area contributed by atoms with Crippen molar-refractivity contribution < 1.29 is 45.4 Å². The van der Waals surface area contributed by atoms with E-state index in [-0.39, 0.29) is 124 Å². The van der Waals surface area contributed by atoms with E-state index in [2.05, 4.69) is 52.6 Å². The van der Waals surface area contributed by atoms with Gasteiger partial charge in [0.05, 0.1) is 14.0 Å². The molecule has 1 radical (unpaired) electrons. The number of hydrogen-bond donors (Lipinski definition) is 1. The first-order valence-corrected chi connectivity index (χ1v) is 20.0. The zero-order valence-electron chi connectivity index (χ0n) is 43.3. The van der Waals surface area contributed by atoms with Crippen LogP contribution >= 0.6 is 0 Å². The minimum Gasteiger partial charge on any atom is -0.512 e. The molecule has 55 heavy (non-hydrogen) atoms. The van der Waals surface area contributed by atoms with E-state index in [1.165, 1.54) is 6.08 Å². The van der Waals surface area contributed by atoms with Crippen LogP contribution in [-0.4, -0.2) is 15.9 Å². The van der Waals surface area contributed by atoms with E-state index in [4.69, 9.17) is 11.3 Å². The fraction of sp³-hybridized carbons (Fsp3) is 0.520. The van der Waals surface area contributed by atoms with Crippen molar-refractivity contribution in [2.45, 2.75) is 151 Å². The second kappa shape index (κ2) is 17.5. The molecule has 3 aromatic carbocycles. The molecule has 0 saturated carbocycles. The molecule has 1 aliphatic carbocycles. The Morgan fingerprint density at radius 2 is 1.55 bits per heavy atom. The number of benzene rings is 3. The molecule has 0 saturated heterocycles. The van der Waals surface area contributed by atoms with Crippen LogP contribution < -0.4 is 0 Å². The first-order valence-electron chi connectivity index (χ1n) is 24.0. The summed E-state index contributed by atoms with van der Waals surface area (Å²) in [5.41, 5.74) is 2.75. The van der Waals surface area contributed by atoms with Crippen LogP contribution in [0.3, 0.4) is 0 Å². The smallest absolute Gasteiger partial charge is 0.162 e. The standard InChI is InChI=1S/C37H42NO.C13H24O2.Ir/c1-22(2)18-25-21-29-31(37(8,9)16-15-36(29,6)7)30-27-14-17-38-32(34(27)39-33(25)30)24-19-23-12-10-11-13-26(23)28(20-24)35(3,4)5;1-5-10(6-2)12(14)9-13(15)11(7-3)8-4;/h10-14,17,20-22H,15-16,18H2,1-9H3;9-11,14H,5-8H2,1-4H3;/q-1;;/b;12-9-;/i10D,11D,12D,13D,14D,17D,20D,21D;;. The van der Waals surface area contributed by atoms with Gasteiger partial charge >= 0.3 is 0 Å². The van der Waals surface area contributed by atoms with Gasteiger partial charge in [-0.25, -0.2) is 0 Å². The fourth-order valence-electron chi connectivity index (χ4n) is 7.93. The quantitative estimate of drug-likeness (QED) is 0.0861. The molecule has 0 aliphatic heterocycles. The number of carbonyl (C=O) groups excluding carboxylic acids is 1. The van der Waals surface area contributed by atoms with Gasteiger partial charge in [-0.1, -0.05) is 125 Å². The minimum atomic E-state index is -0.706. The van der Waals surface area contributed by atoms with Crippen LogP contribution in [0.25, 0.3) is 44.0 Å². The summed E-state index contributed by atoms with van der Waals surface area (Å²) in [5, 5.41) is 11.3. The van der Waals surface area contributed by atoms with E-state index < -0.39 is 11.5 Å². The van der Waals surface area contributed by atoms with Gasteiger partial charge in [-0.3, -0.25) is 9.78 Å². The van der Waals surface area contributed by atoms with Crippen LogP contribution in [-0.2, 0) is 47.6 Å². The van der Waals surface area contributed by atoms with Gasteiger partial charge in [-0.15, -0.1) is 29.1 Å². The Labute approximate surface area is 356 Å². The fourth-order valence-corrected chi connectivity index (χ4v) is 7.93. The summed E-state index contributed by atoms with van der Waals surface area (Å²) in [6, 6.07) is 2.19. The van der Waals surface area contributed by atoms with E-state index in [9.17, 15) is 14.0 Å². The maximum Gasteiger partial charge on any atom is 0.162 e. The summed E-state index contributed by atoms with van der Waals surface area (Å²) in [7, 11) is 0. The van der Waals surface area contributed by atoms with Crippen molar-refractivity contribution in [3.8, 4) is 11.3 Å². The average molecular weight is 929 g/mol. The van der Waals surface area contributed by atoms with Crippen molar-refractivity contribution in [1.82, 2.24) is 4.98 Å². The molecule has 2 heterocycles. The molecule has 6 rings (SSSR count). The number of hydrogen-bond acceptors (Lipinski definition) is 4. The largest absolute Gasteiger partial charge is 0.512 e. The van der Waals surface area contributed by atoms with Gasteiger partial charge in [0.25, 0.3) is 0 Å². The van der Waals surface area contributed by atoms with Crippen LogP contribution in [0, 0.1) is 23.8 Å². The van der Waals surface area contributed by atoms with Crippen molar-refractivity contribution in [2.24, 2.45) is 17.8 Å². The summed E-state index contributed by atoms with van der Waals surface area (Å²) in [6.07, 6.45) is 6.97. The summed E-state index contributed by atoms with van der Waals surface area (Å²) in [5.74, 6) is 0.762. The number of rotatable bonds is 10. The van der Waals surface area contributed by atoms with Crippen LogP contribution in [0.2, 0.25) is 0 Å².